The van der Waals surface area contributed by atoms with Crippen LogP contribution in [0.2, 0.25) is 0 Å². The van der Waals surface area contributed by atoms with Crippen LogP contribution in [0.25, 0.3) is 0 Å². The molecule has 0 aliphatic carbocycles. The van der Waals surface area contributed by atoms with Gasteiger partial charge in [-0.1, -0.05) is 0 Å². The molecule has 0 radical (unpaired) electrons. The summed E-state index contributed by atoms with van der Waals surface area (Å²) in [7, 11) is 0. The van der Waals surface area contributed by atoms with E-state index in [1.807, 2.05) is 0 Å². The number of carboxylic acids is 1. The lowest BCUT2D eigenvalue weighted by molar-refractivity contribution is -0.142. The Kier molecular flexibility index (Phi) is 12.2. The fourth-order valence-corrected chi connectivity index (χ4v) is 3.66. The second-order valence-corrected chi connectivity index (χ2v) is 8.61. The normalized spacial score (nSPS) is 17.9. The molecule has 1 saturated heterocycles. The maximum atomic E-state index is 12.8. The van der Waals surface area contributed by atoms with E-state index in [0.717, 1.165) is 6.42 Å². The molecule has 1 aliphatic rings. The molecular weight excluding hydrogens is 456 g/mol. The summed E-state index contributed by atoms with van der Waals surface area (Å²) in [6.45, 7) is 0.640. The Hall–Kier alpha value is -2.87. The van der Waals surface area contributed by atoms with Crippen LogP contribution in [0, 0.1) is 0 Å². The molecule has 5 amide bonds. The average Bonchev–Trinajstić information content (AvgIpc) is 3.27. The highest BCUT2D eigenvalue weighted by molar-refractivity contribution is 7.98. The van der Waals surface area contributed by atoms with Gasteiger partial charge < -0.3 is 37.8 Å². The SMILES string of the molecule is CSCCC(NC(=O)C(CCC(N)=O)NC(=O)C(CC(N)=O)NC(=O)C1CCCN1)C(=O)O. The highest BCUT2D eigenvalue weighted by atomic mass is 32.2. The van der Waals surface area contributed by atoms with Crippen LogP contribution >= 0.6 is 11.8 Å². The minimum atomic E-state index is -1.35. The molecule has 0 bridgehead atoms. The second kappa shape index (κ2) is 14.3. The molecule has 13 nitrogen and oxygen atoms in total. The lowest BCUT2D eigenvalue weighted by Gasteiger charge is -2.24. The van der Waals surface area contributed by atoms with Crippen molar-refractivity contribution in [3.8, 4) is 0 Å². The highest BCUT2D eigenvalue weighted by Crippen LogP contribution is 2.07. The number of hydrogen-bond acceptors (Lipinski definition) is 8. The van der Waals surface area contributed by atoms with Gasteiger partial charge in [-0.15, -0.1) is 0 Å². The maximum Gasteiger partial charge on any atom is 0.326 e. The van der Waals surface area contributed by atoms with Crippen molar-refractivity contribution in [3.05, 3.63) is 0 Å². The summed E-state index contributed by atoms with van der Waals surface area (Å²) in [5.41, 5.74) is 10.3. The first-order chi connectivity index (χ1) is 15.5. The van der Waals surface area contributed by atoms with E-state index in [0.29, 0.717) is 18.7 Å². The Morgan fingerprint density at radius 3 is 2.12 bits per heavy atom. The van der Waals surface area contributed by atoms with Crippen LogP contribution in [0.1, 0.15) is 38.5 Å². The first kappa shape index (κ1) is 28.2. The van der Waals surface area contributed by atoms with E-state index < -0.39 is 66.1 Å². The molecule has 33 heavy (non-hydrogen) atoms. The minimum Gasteiger partial charge on any atom is -0.480 e. The molecule has 0 aromatic carbocycles. The number of nitrogens with two attached hydrogens (primary N) is 2. The van der Waals surface area contributed by atoms with Crippen molar-refractivity contribution < 1.29 is 33.9 Å². The lowest BCUT2D eigenvalue weighted by atomic mass is 10.1. The number of primary amides is 2. The van der Waals surface area contributed by atoms with E-state index in [9.17, 15) is 33.9 Å². The van der Waals surface area contributed by atoms with E-state index in [1.54, 1.807) is 6.26 Å². The van der Waals surface area contributed by atoms with Crippen LogP contribution in [0.15, 0.2) is 0 Å². The van der Waals surface area contributed by atoms with E-state index in [-0.39, 0.29) is 19.3 Å². The van der Waals surface area contributed by atoms with Gasteiger partial charge in [0.2, 0.25) is 29.5 Å². The summed E-state index contributed by atoms with van der Waals surface area (Å²) in [5, 5.41) is 19.5. The van der Waals surface area contributed by atoms with Crippen LogP contribution in [0.5, 0.6) is 0 Å². The number of aliphatic carboxylic acids is 1. The molecule has 4 atom stereocenters. The van der Waals surface area contributed by atoms with Gasteiger partial charge in [0.1, 0.15) is 18.1 Å². The zero-order chi connectivity index (χ0) is 25.0. The molecular formula is C19H32N6O7S. The maximum absolute atomic E-state index is 12.8. The average molecular weight is 489 g/mol. The molecule has 186 valence electrons. The van der Waals surface area contributed by atoms with Crippen molar-refractivity contribution in [2.75, 3.05) is 18.6 Å². The van der Waals surface area contributed by atoms with Gasteiger partial charge in [-0.3, -0.25) is 24.0 Å². The third kappa shape index (κ3) is 10.5. The van der Waals surface area contributed by atoms with E-state index >= 15 is 0 Å². The summed E-state index contributed by atoms with van der Waals surface area (Å²) >= 11 is 1.40. The number of thioether (sulfide) groups is 1. The van der Waals surface area contributed by atoms with Gasteiger partial charge in [0.25, 0.3) is 0 Å². The van der Waals surface area contributed by atoms with Crippen LogP contribution in [-0.2, 0) is 28.8 Å². The molecule has 9 N–H and O–H groups in total. The molecule has 0 spiro atoms. The summed E-state index contributed by atoms with van der Waals surface area (Å²) in [6, 6.07) is -4.39. The fourth-order valence-electron chi connectivity index (χ4n) is 3.18. The first-order valence-electron chi connectivity index (χ1n) is 10.5. The van der Waals surface area contributed by atoms with E-state index in [1.165, 1.54) is 11.8 Å². The van der Waals surface area contributed by atoms with Crippen molar-refractivity contribution in [2.24, 2.45) is 11.5 Å². The summed E-state index contributed by atoms with van der Waals surface area (Å²) in [5.74, 6) is -4.56. The van der Waals surface area contributed by atoms with Crippen LogP contribution in [0.3, 0.4) is 0 Å². The number of carbonyl (C=O) groups excluding carboxylic acids is 5. The molecule has 1 fully saturated rings. The van der Waals surface area contributed by atoms with Crippen molar-refractivity contribution in [1.82, 2.24) is 21.3 Å². The largest absolute Gasteiger partial charge is 0.480 e. The van der Waals surface area contributed by atoms with Crippen molar-refractivity contribution in [3.63, 3.8) is 0 Å². The predicted octanol–water partition coefficient (Wildman–Crippen LogP) is -2.83. The molecule has 0 saturated carbocycles. The van der Waals surface area contributed by atoms with Gasteiger partial charge in [-0.05, 0) is 44.2 Å². The van der Waals surface area contributed by atoms with E-state index in [4.69, 9.17) is 11.5 Å². The van der Waals surface area contributed by atoms with Gasteiger partial charge in [0.05, 0.1) is 12.5 Å². The van der Waals surface area contributed by atoms with Crippen molar-refractivity contribution in [1.29, 1.82) is 0 Å². The number of rotatable bonds is 15. The fraction of sp³-hybridized carbons (Fsp3) is 0.684. The van der Waals surface area contributed by atoms with Crippen LogP contribution in [0.4, 0.5) is 0 Å². The van der Waals surface area contributed by atoms with Crippen LogP contribution in [-0.4, -0.2) is 83.3 Å². The Labute approximate surface area is 195 Å². The second-order valence-electron chi connectivity index (χ2n) is 7.63. The topological polar surface area (TPSA) is 223 Å². The van der Waals surface area contributed by atoms with Crippen molar-refractivity contribution in [2.45, 2.75) is 62.7 Å². The van der Waals surface area contributed by atoms with E-state index in [2.05, 4.69) is 21.3 Å². The number of carbonyl (C=O) groups is 6. The zero-order valence-corrected chi connectivity index (χ0v) is 19.2. The quantitative estimate of drug-likeness (QED) is 0.126. The lowest BCUT2D eigenvalue weighted by Crippen LogP contribution is -2.57. The van der Waals surface area contributed by atoms with Gasteiger partial charge in [-0.25, -0.2) is 4.79 Å². The molecule has 1 rings (SSSR count). The van der Waals surface area contributed by atoms with Gasteiger partial charge in [-0.2, -0.15) is 11.8 Å². The van der Waals surface area contributed by atoms with Crippen LogP contribution < -0.4 is 32.7 Å². The van der Waals surface area contributed by atoms with Crippen molar-refractivity contribution >= 4 is 47.3 Å². The molecule has 1 heterocycles. The minimum absolute atomic E-state index is 0.146. The van der Waals surface area contributed by atoms with Gasteiger partial charge in [0, 0.05) is 6.42 Å². The molecule has 4 unspecified atom stereocenters. The smallest absolute Gasteiger partial charge is 0.326 e. The molecule has 0 aromatic rings. The Morgan fingerprint density at radius 1 is 0.970 bits per heavy atom. The van der Waals surface area contributed by atoms with Gasteiger partial charge >= 0.3 is 5.97 Å². The summed E-state index contributed by atoms with van der Waals surface area (Å²) in [4.78, 5) is 72.0. The Bertz CT molecular complexity index is 744. The highest BCUT2D eigenvalue weighted by Gasteiger charge is 2.32. The summed E-state index contributed by atoms with van der Waals surface area (Å²) in [6.07, 6.45) is 2.29. The predicted molar refractivity (Wildman–Crippen MR) is 120 cm³/mol. The molecule has 1 aliphatic heterocycles. The first-order valence-corrected chi connectivity index (χ1v) is 11.9. The Balaban J connectivity index is 2.93. The third-order valence-electron chi connectivity index (χ3n) is 4.95. The molecule has 14 heteroatoms. The number of carboxylic acid groups (broad SMARTS) is 1. The standard InChI is InChI=1S/C19H32N6O7S/c1-33-8-6-12(19(31)32)24-17(29)11(4-5-14(20)26)23-18(30)13(9-15(21)27)25-16(28)10-3-2-7-22-10/h10-13,22H,2-9H2,1H3,(H2,20,26)(H2,21,27)(H,23,30)(H,24,29)(H,25,28)(H,31,32). The number of nitrogens with one attached hydrogen (secondary N) is 4. The summed E-state index contributed by atoms with van der Waals surface area (Å²) < 4.78 is 0. The number of amides is 5. The van der Waals surface area contributed by atoms with Gasteiger partial charge in [0.15, 0.2) is 0 Å². The third-order valence-corrected chi connectivity index (χ3v) is 5.60. The molecule has 0 aromatic heterocycles. The number of hydrogen-bond donors (Lipinski definition) is 7. The zero-order valence-electron chi connectivity index (χ0n) is 18.4. The Morgan fingerprint density at radius 2 is 1.61 bits per heavy atom. The monoisotopic (exact) mass is 488 g/mol.